The number of rotatable bonds is 7. The Morgan fingerprint density at radius 3 is 3.00 bits per heavy atom. The zero-order chi connectivity index (χ0) is 15.2. The second-order valence-corrected chi connectivity index (χ2v) is 4.51. The summed E-state index contributed by atoms with van der Waals surface area (Å²) in [6, 6.07) is 0. The van der Waals surface area contributed by atoms with Gasteiger partial charge in [0, 0.05) is 26.6 Å². The van der Waals surface area contributed by atoms with E-state index in [1.807, 2.05) is 0 Å². The molecule has 0 aliphatic rings. The second-order valence-electron chi connectivity index (χ2n) is 4.51. The van der Waals surface area contributed by atoms with Crippen LogP contribution >= 0.6 is 0 Å². The molecule has 0 amide bonds. The van der Waals surface area contributed by atoms with Crippen LogP contribution in [0.3, 0.4) is 0 Å². The number of ether oxygens (including phenoxy) is 1. The molecule has 21 heavy (non-hydrogen) atoms. The van der Waals surface area contributed by atoms with Crippen molar-refractivity contribution in [3.05, 3.63) is 29.2 Å². The number of esters is 1. The highest BCUT2D eigenvalue weighted by Gasteiger charge is 2.16. The molecular weight excluding hydrogens is 274 g/mol. The monoisotopic (exact) mass is 293 g/mol. The van der Waals surface area contributed by atoms with E-state index in [1.165, 1.54) is 6.20 Å². The smallest absolute Gasteiger partial charge is 0.341 e. The third-order valence-corrected chi connectivity index (χ3v) is 2.93. The normalized spacial score (nSPS) is 10.8. The highest BCUT2D eigenvalue weighted by molar-refractivity contribution is 5.90. The Balaban J connectivity index is 1.88. The van der Waals surface area contributed by atoms with Gasteiger partial charge in [-0.15, -0.1) is 0 Å². The summed E-state index contributed by atoms with van der Waals surface area (Å²) >= 11 is 0. The summed E-state index contributed by atoms with van der Waals surface area (Å²) in [4.78, 5) is 15.9. The Labute approximate surface area is 122 Å². The standard InChI is InChI=1S/C13H19N5O3/c1-4-20-13(19)10-7-15-18(3)11(10)8-14-6-5-12-16-9(2)17-21-12/h7,14H,4-6,8H2,1-3H3. The highest BCUT2D eigenvalue weighted by Crippen LogP contribution is 2.09. The van der Waals surface area contributed by atoms with Crippen LogP contribution in [0.4, 0.5) is 0 Å². The molecular formula is C13H19N5O3. The second kappa shape index (κ2) is 6.98. The predicted molar refractivity (Wildman–Crippen MR) is 73.6 cm³/mol. The molecule has 0 aliphatic heterocycles. The highest BCUT2D eigenvalue weighted by atomic mass is 16.5. The van der Waals surface area contributed by atoms with Crippen molar-refractivity contribution in [3.8, 4) is 0 Å². The van der Waals surface area contributed by atoms with Gasteiger partial charge < -0.3 is 14.6 Å². The van der Waals surface area contributed by atoms with E-state index in [1.54, 1.807) is 25.6 Å². The van der Waals surface area contributed by atoms with Gasteiger partial charge in [0.1, 0.15) is 5.56 Å². The number of carbonyl (C=O) groups excluding carboxylic acids is 1. The van der Waals surface area contributed by atoms with E-state index in [0.29, 0.717) is 43.4 Å². The summed E-state index contributed by atoms with van der Waals surface area (Å²) < 4.78 is 11.7. The SMILES string of the molecule is CCOC(=O)c1cnn(C)c1CNCCc1nc(C)no1. The van der Waals surface area contributed by atoms with Gasteiger partial charge in [0.25, 0.3) is 0 Å². The van der Waals surface area contributed by atoms with Gasteiger partial charge in [-0.3, -0.25) is 4.68 Å². The molecule has 0 atom stereocenters. The van der Waals surface area contributed by atoms with Gasteiger partial charge >= 0.3 is 5.97 Å². The Morgan fingerprint density at radius 1 is 1.52 bits per heavy atom. The lowest BCUT2D eigenvalue weighted by Gasteiger charge is -2.07. The van der Waals surface area contributed by atoms with Gasteiger partial charge in [-0.25, -0.2) is 4.79 Å². The van der Waals surface area contributed by atoms with Crippen LogP contribution in [0.2, 0.25) is 0 Å². The molecule has 8 heteroatoms. The van der Waals surface area contributed by atoms with Gasteiger partial charge in [0.2, 0.25) is 5.89 Å². The minimum atomic E-state index is -0.352. The number of hydrogen-bond acceptors (Lipinski definition) is 7. The first-order chi connectivity index (χ1) is 10.1. The molecule has 0 bridgehead atoms. The topological polar surface area (TPSA) is 95.1 Å². The van der Waals surface area contributed by atoms with Crippen LogP contribution in [0.25, 0.3) is 0 Å². The maximum atomic E-state index is 11.8. The number of nitrogens with one attached hydrogen (secondary N) is 1. The van der Waals surface area contributed by atoms with Crippen molar-refractivity contribution in [1.29, 1.82) is 0 Å². The molecule has 1 N–H and O–H groups in total. The van der Waals surface area contributed by atoms with Crippen LogP contribution in [-0.2, 0) is 24.8 Å². The molecule has 0 radical (unpaired) electrons. The van der Waals surface area contributed by atoms with Gasteiger partial charge in [-0.1, -0.05) is 5.16 Å². The molecule has 114 valence electrons. The molecule has 2 heterocycles. The third kappa shape index (κ3) is 3.88. The van der Waals surface area contributed by atoms with Crippen molar-refractivity contribution in [2.45, 2.75) is 26.8 Å². The molecule has 0 spiro atoms. The van der Waals surface area contributed by atoms with Gasteiger partial charge in [0.05, 0.1) is 18.5 Å². The van der Waals surface area contributed by atoms with Crippen LogP contribution in [0.15, 0.2) is 10.7 Å². The maximum absolute atomic E-state index is 11.8. The first kappa shape index (κ1) is 15.2. The van der Waals surface area contributed by atoms with Crippen molar-refractivity contribution < 1.29 is 14.1 Å². The fourth-order valence-corrected chi connectivity index (χ4v) is 1.90. The van der Waals surface area contributed by atoms with E-state index in [2.05, 4.69) is 20.6 Å². The van der Waals surface area contributed by atoms with Crippen LogP contribution in [-0.4, -0.2) is 39.0 Å². The molecule has 0 fully saturated rings. The fourth-order valence-electron chi connectivity index (χ4n) is 1.90. The molecule has 2 aromatic heterocycles. The van der Waals surface area contributed by atoms with Crippen LogP contribution < -0.4 is 5.32 Å². The number of hydrogen-bond donors (Lipinski definition) is 1. The number of carbonyl (C=O) groups is 1. The van der Waals surface area contributed by atoms with E-state index in [-0.39, 0.29) is 5.97 Å². The maximum Gasteiger partial charge on any atom is 0.341 e. The molecule has 0 saturated heterocycles. The summed E-state index contributed by atoms with van der Waals surface area (Å²) in [5.41, 5.74) is 1.27. The number of aryl methyl sites for hydroxylation is 2. The van der Waals surface area contributed by atoms with Crippen molar-refractivity contribution in [3.63, 3.8) is 0 Å². The zero-order valence-corrected chi connectivity index (χ0v) is 12.4. The lowest BCUT2D eigenvalue weighted by Crippen LogP contribution is -2.21. The molecule has 0 aliphatic carbocycles. The zero-order valence-electron chi connectivity index (χ0n) is 12.4. The predicted octanol–water partition coefficient (Wildman–Crippen LogP) is 0.621. The third-order valence-electron chi connectivity index (χ3n) is 2.93. The van der Waals surface area contributed by atoms with Crippen LogP contribution in [0.1, 0.15) is 34.7 Å². The first-order valence-corrected chi connectivity index (χ1v) is 6.79. The largest absolute Gasteiger partial charge is 0.462 e. The lowest BCUT2D eigenvalue weighted by molar-refractivity contribution is 0.0524. The van der Waals surface area contributed by atoms with Gasteiger partial charge in [-0.05, 0) is 13.8 Å². The molecule has 0 unspecified atom stereocenters. The van der Waals surface area contributed by atoms with Crippen molar-refractivity contribution in [2.24, 2.45) is 7.05 Å². The van der Waals surface area contributed by atoms with E-state index < -0.39 is 0 Å². The van der Waals surface area contributed by atoms with Crippen molar-refractivity contribution in [1.82, 2.24) is 25.2 Å². The van der Waals surface area contributed by atoms with E-state index in [9.17, 15) is 4.79 Å². The van der Waals surface area contributed by atoms with Crippen molar-refractivity contribution in [2.75, 3.05) is 13.2 Å². The summed E-state index contributed by atoms with van der Waals surface area (Å²) in [6.07, 6.45) is 2.16. The Hall–Kier alpha value is -2.22. The average molecular weight is 293 g/mol. The van der Waals surface area contributed by atoms with E-state index in [0.717, 1.165) is 5.69 Å². The van der Waals surface area contributed by atoms with Gasteiger partial charge in [0.15, 0.2) is 5.82 Å². The quantitative estimate of drug-likeness (QED) is 0.590. The molecule has 2 aromatic rings. The number of aromatic nitrogens is 4. The van der Waals surface area contributed by atoms with E-state index in [4.69, 9.17) is 9.26 Å². The molecule has 0 aromatic carbocycles. The Kier molecular flexibility index (Phi) is 5.04. The molecule has 0 saturated carbocycles. The minimum absolute atomic E-state index is 0.344. The Bertz CT molecular complexity index is 605. The summed E-state index contributed by atoms with van der Waals surface area (Å²) in [6.45, 7) is 5.07. The van der Waals surface area contributed by atoms with Gasteiger partial charge in [-0.2, -0.15) is 10.1 Å². The first-order valence-electron chi connectivity index (χ1n) is 6.79. The Morgan fingerprint density at radius 2 is 2.33 bits per heavy atom. The summed E-state index contributed by atoms with van der Waals surface area (Å²) in [7, 11) is 1.79. The van der Waals surface area contributed by atoms with Crippen molar-refractivity contribution >= 4 is 5.97 Å². The molecule has 2 rings (SSSR count). The summed E-state index contributed by atoms with van der Waals surface area (Å²) in [5.74, 6) is 0.867. The summed E-state index contributed by atoms with van der Waals surface area (Å²) in [5, 5.41) is 11.1. The minimum Gasteiger partial charge on any atom is -0.462 e. The lowest BCUT2D eigenvalue weighted by atomic mass is 10.2. The van der Waals surface area contributed by atoms with Crippen LogP contribution in [0, 0.1) is 6.92 Å². The van der Waals surface area contributed by atoms with Crippen LogP contribution in [0.5, 0.6) is 0 Å². The van der Waals surface area contributed by atoms with E-state index >= 15 is 0 Å². The fraction of sp³-hybridized carbons (Fsp3) is 0.538. The average Bonchev–Trinajstić information content (AvgIpc) is 3.02. The molecule has 8 nitrogen and oxygen atoms in total. The number of nitrogens with zero attached hydrogens (tertiary/aromatic N) is 4.